The first-order valence-electron chi connectivity index (χ1n) is 10.0. The number of amides is 1. The van der Waals surface area contributed by atoms with E-state index in [-0.39, 0.29) is 18.9 Å². The minimum atomic E-state index is -0.450. The molecule has 0 aliphatic carbocycles. The van der Waals surface area contributed by atoms with Crippen LogP contribution in [0.2, 0.25) is 0 Å². The lowest BCUT2D eigenvalue weighted by molar-refractivity contribution is -0.151. The molecule has 1 heterocycles. The number of rotatable bonds is 8. The van der Waals surface area contributed by atoms with Crippen LogP contribution in [-0.2, 0) is 33.7 Å². The SMILES string of the molecule is CCc1ccc2c(CC(=O)OCC(=O)N(C)Cc3ccc(N(C)C)cc3)coc2c1. The van der Waals surface area contributed by atoms with Crippen molar-refractivity contribution in [3.63, 3.8) is 0 Å². The summed E-state index contributed by atoms with van der Waals surface area (Å²) in [6.45, 7) is 2.26. The van der Waals surface area contributed by atoms with Crippen LogP contribution in [0, 0.1) is 0 Å². The second-order valence-corrected chi connectivity index (χ2v) is 7.59. The smallest absolute Gasteiger partial charge is 0.310 e. The van der Waals surface area contributed by atoms with Crippen molar-refractivity contribution in [2.75, 3.05) is 32.6 Å². The van der Waals surface area contributed by atoms with Crippen molar-refractivity contribution < 1.29 is 18.7 Å². The topological polar surface area (TPSA) is 63.0 Å². The molecule has 1 amide bonds. The second-order valence-electron chi connectivity index (χ2n) is 7.59. The molecule has 0 saturated carbocycles. The van der Waals surface area contributed by atoms with Crippen molar-refractivity contribution >= 4 is 28.5 Å². The largest absolute Gasteiger partial charge is 0.464 e. The van der Waals surface area contributed by atoms with Crippen LogP contribution >= 0.6 is 0 Å². The van der Waals surface area contributed by atoms with Crippen LogP contribution in [0.25, 0.3) is 11.0 Å². The Bertz CT molecular complexity index is 1020. The first-order valence-corrected chi connectivity index (χ1v) is 10.0. The Morgan fingerprint density at radius 2 is 1.70 bits per heavy atom. The van der Waals surface area contributed by atoms with Crippen molar-refractivity contribution in [2.24, 2.45) is 0 Å². The van der Waals surface area contributed by atoms with E-state index in [1.807, 2.05) is 61.5 Å². The van der Waals surface area contributed by atoms with Crippen molar-refractivity contribution in [1.29, 1.82) is 0 Å². The molecule has 0 saturated heterocycles. The van der Waals surface area contributed by atoms with Gasteiger partial charge in [0.2, 0.25) is 0 Å². The minimum absolute atomic E-state index is 0.0709. The molecule has 0 N–H and O–H groups in total. The molecule has 3 aromatic rings. The standard InChI is InChI=1S/C24H28N2O4/c1-5-17-8-11-21-19(15-29-22(21)12-17)13-24(28)30-16-23(27)26(4)14-18-6-9-20(10-7-18)25(2)3/h6-12,15H,5,13-14,16H2,1-4H3. The summed E-state index contributed by atoms with van der Waals surface area (Å²) >= 11 is 0. The van der Waals surface area contributed by atoms with Crippen LogP contribution in [0.3, 0.4) is 0 Å². The Morgan fingerprint density at radius 1 is 1.00 bits per heavy atom. The molecule has 0 fully saturated rings. The van der Waals surface area contributed by atoms with Gasteiger partial charge < -0.3 is 19.0 Å². The summed E-state index contributed by atoms with van der Waals surface area (Å²) in [4.78, 5) is 28.1. The predicted molar refractivity (Wildman–Crippen MR) is 117 cm³/mol. The summed E-state index contributed by atoms with van der Waals surface area (Å²) in [6, 6.07) is 13.9. The zero-order chi connectivity index (χ0) is 21.7. The number of hydrogen-bond acceptors (Lipinski definition) is 5. The minimum Gasteiger partial charge on any atom is -0.464 e. The van der Waals surface area contributed by atoms with E-state index < -0.39 is 5.97 Å². The van der Waals surface area contributed by atoms with Crippen molar-refractivity contribution in [1.82, 2.24) is 4.90 Å². The van der Waals surface area contributed by atoms with Gasteiger partial charge in [-0.3, -0.25) is 9.59 Å². The van der Waals surface area contributed by atoms with Gasteiger partial charge in [-0.05, 0) is 35.7 Å². The van der Waals surface area contributed by atoms with Crippen LogP contribution in [0.5, 0.6) is 0 Å². The Balaban J connectivity index is 1.51. The molecule has 2 aromatic carbocycles. The molecule has 0 aliphatic rings. The quantitative estimate of drug-likeness (QED) is 0.531. The third-order valence-electron chi connectivity index (χ3n) is 5.12. The molecule has 0 aliphatic heterocycles. The monoisotopic (exact) mass is 408 g/mol. The Kier molecular flexibility index (Phi) is 6.77. The maximum absolute atomic E-state index is 12.3. The predicted octanol–water partition coefficient (Wildman–Crippen LogP) is 3.81. The van der Waals surface area contributed by atoms with E-state index in [1.54, 1.807) is 18.2 Å². The number of likely N-dealkylation sites (N-methyl/N-ethyl adjacent to an activating group) is 1. The van der Waals surface area contributed by atoms with Gasteiger partial charge in [-0.1, -0.05) is 31.2 Å². The maximum Gasteiger partial charge on any atom is 0.310 e. The highest BCUT2D eigenvalue weighted by Crippen LogP contribution is 2.23. The number of ether oxygens (including phenoxy) is 1. The molecular formula is C24H28N2O4. The summed E-state index contributed by atoms with van der Waals surface area (Å²) in [5.41, 5.74) is 4.81. The van der Waals surface area contributed by atoms with Crippen molar-refractivity contribution in [3.8, 4) is 0 Å². The molecule has 0 radical (unpaired) electrons. The Morgan fingerprint density at radius 3 is 2.37 bits per heavy atom. The van der Waals surface area contributed by atoms with Crippen molar-refractivity contribution in [3.05, 3.63) is 65.4 Å². The average Bonchev–Trinajstić information content (AvgIpc) is 3.14. The molecular weight excluding hydrogens is 380 g/mol. The molecule has 6 heteroatoms. The lowest BCUT2D eigenvalue weighted by Gasteiger charge is -2.18. The summed E-state index contributed by atoms with van der Waals surface area (Å²) in [7, 11) is 5.66. The van der Waals surface area contributed by atoms with Crippen LogP contribution in [0.1, 0.15) is 23.6 Å². The molecule has 6 nitrogen and oxygen atoms in total. The second kappa shape index (κ2) is 9.48. The van der Waals surface area contributed by atoms with Crippen molar-refractivity contribution in [2.45, 2.75) is 26.3 Å². The normalized spacial score (nSPS) is 10.8. The van der Waals surface area contributed by atoms with E-state index in [2.05, 4.69) is 6.92 Å². The number of fused-ring (bicyclic) bond motifs is 1. The van der Waals surface area contributed by atoms with Gasteiger partial charge in [-0.15, -0.1) is 0 Å². The molecule has 3 rings (SSSR count). The molecule has 158 valence electrons. The molecule has 1 aromatic heterocycles. The zero-order valence-corrected chi connectivity index (χ0v) is 18.0. The van der Waals surface area contributed by atoms with Gasteiger partial charge >= 0.3 is 5.97 Å². The van der Waals surface area contributed by atoms with E-state index in [0.717, 1.165) is 34.2 Å². The van der Waals surface area contributed by atoms with E-state index in [1.165, 1.54) is 5.56 Å². The third kappa shape index (κ3) is 5.20. The van der Waals surface area contributed by atoms with E-state index in [4.69, 9.17) is 9.15 Å². The fourth-order valence-corrected chi connectivity index (χ4v) is 3.20. The summed E-state index contributed by atoms with van der Waals surface area (Å²) in [6.07, 6.45) is 2.57. The van der Waals surface area contributed by atoms with E-state index >= 15 is 0 Å². The van der Waals surface area contributed by atoms with Gasteiger partial charge in [0.15, 0.2) is 6.61 Å². The van der Waals surface area contributed by atoms with Gasteiger partial charge in [-0.2, -0.15) is 0 Å². The highest BCUT2D eigenvalue weighted by atomic mass is 16.5. The number of anilines is 1. The maximum atomic E-state index is 12.3. The van der Waals surface area contributed by atoms with Crippen LogP contribution in [-0.4, -0.2) is 44.5 Å². The number of hydrogen-bond donors (Lipinski definition) is 0. The number of carbonyl (C=O) groups is 2. The number of furan rings is 1. The van der Waals surface area contributed by atoms with Gasteiger partial charge in [0, 0.05) is 44.3 Å². The van der Waals surface area contributed by atoms with E-state index in [9.17, 15) is 9.59 Å². The fourth-order valence-electron chi connectivity index (χ4n) is 3.20. The summed E-state index contributed by atoms with van der Waals surface area (Å²) in [5.74, 6) is -0.695. The molecule has 0 bridgehead atoms. The third-order valence-corrected chi connectivity index (χ3v) is 5.12. The summed E-state index contributed by atoms with van der Waals surface area (Å²) in [5, 5.41) is 0.897. The highest BCUT2D eigenvalue weighted by molar-refractivity contribution is 5.87. The molecule has 30 heavy (non-hydrogen) atoms. The number of esters is 1. The van der Waals surface area contributed by atoms with Crippen LogP contribution in [0.15, 0.2) is 53.1 Å². The van der Waals surface area contributed by atoms with Gasteiger partial charge in [0.1, 0.15) is 5.58 Å². The average molecular weight is 408 g/mol. The van der Waals surface area contributed by atoms with Gasteiger partial charge in [0.05, 0.1) is 12.7 Å². The van der Waals surface area contributed by atoms with Gasteiger partial charge in [-0.25, -0.2) is 0 Å². The molecule has 0 unspecified atom stereocenters. The first-order chi connectivity index (χ1) is 14.4. The van der Waals surface area contributed by atoms with Gasteiger partial charge in [0.25, 0.3) is 5.91 Å². The first kappa shape index (κ1) is 21.4. The van der Waals surface area contributed by atoms with E-state index in [0.29, 0.717) is 6.54 Å². The highest BCUT2D eigenvalue weighted by Gasteiger charge is 2.15. The van der Waals surface area contributed by atoms with Crippen LogP contribution in [0.4, 0.5) is 5.69 Å². The summed E-state index contributed by atoms with van der Waals surface area (Å²) < 4.78 is 10.8. The Labute approximate surface area is 177 Å². The molecule has 0 spiro atoms. The van der Waals surface area contributed by atoms with Crippen LogP contribution < -0.4 is 4.90 Å². The lowest BCUT2D eigenvalue weighted by atomic mass is 10.1. The zero-order valence-electron chi connectivity index (χ0n) is 18.0. The fraction of sp³-hybridized carbons (Fsp3) is 0.333. The number of carbonyl (C=O) groups excluding carboxylic acids is 2. The molecule has 0 atom stereocenters. The Hall–Kier alpha value is -3.28. The number of benzene rings is 2. The lowest BCUT2D eigenvalue weighted by Crippen LogP contribution is -2.31. The number of aryl methyl sites for hydroxylation is 1. The number of nitrogens with zero attached hydrogens (tertiary/aromatic N) is 2.